The van der Waals surface area contributed by atoms with Crippen molar-refractivity contribution in [3.8, 4) is 5.69 Å². The van der Waals surface area contributed by atoms with Crippen molar-refractivity contribution in [2.75, 3.05) is 13.1 Å². The predicted octanol–water partition coefficient (Wildman–Crippen LogP) is 2.76. The third-order valence-corrected chi connectivity index (χ3v) is 5.80. The molecule has 6 nitrogen and oxygen atoms in total. The third kappa shape index (κ3) is 5.00. The van der Waals surface area contributed by atoms with Crippen molar-refractivity contribution in [3.05, 3.63) is 83.2 Å². The number of carbonyl (C=O) groups is 1. The number of nitrogens with two attached hydrogens (primary N) is 1. The number of carbonyl (C=O) groups excluding carboxylic acids is 1. The molecular weight excluding hydrogens is 386 g/mol. The van der Waals surface area contributed by atoms with Crippen LogP contribution >= 0.6 is 0 Å². The van der Waals surface area contributed by atoms with Crippen molar-refractivity contribution in [1.82, 2.24) is 9.88 Å². The van der Waals surface area contributed by atoms with E-state index in [2.05, 4.69) is 9.88 Å². The standard InChI is InChI=1S/C22H25N3O3S/c1-16-14-21(17(2)25(16)19-6-4-3-5-7-19)22(26)15-24-13-12-18-8-10-20(11-9-18)29(23,27)28/h3-11,14,24H,12-13,15H2,1-2H3,(H2,23,27,28). The molecule has 0 unspecified atom stereocenters. The molecule has 0 saturated heterocycles. The maximum Gasteiger partial charge on any atom is 0.238 e. The topological polar surface area (TPSA) is 94.2 Å². The van der Waals surface area contributed by atoms with Crippen LogP contribution in [0.4, 0.5) is 0 Å². The SMILES string of the molecule is Cc1cc(C(=O)CNCCc2ccc(S(N)(=O)=O)cc2)c(C)n1-c1ccccc1. The molecule has 0 fully saturated rings. The molecule has 7 heteroatoms. The van der Waals surface area contributed by atoms with E-state index in [9.17, 15) is 13.2 Å². The van der Waals surface area contributed by atoms with Gasteiger partial charge in [-0.05, 0) is 62.7 Å². The molecule has 152 valence electrons. The molecule has 0 atom stereocenters. The fourth-order valence-electron chi connectivity index (χ4n) is 3.40. The van der Waals surface area contributed by atoms with Crippen LogP contribution in [-0.4, -0.2) is 31.9 Å². The molecule has 0 radical (unpaired) electrons. The normalized spacial score (nSPS) is 11.6. The van der Waals surface area contributed by atoms with E-state index in [1.54, 1.807) is 12.1 Å². The molecule has 0 aliphatic rings. The Hall–Kier alpha value is -2.74. The number of primary sulfonamides is 1. The summed E-state index contributed by atoms with van der Waals surface area (Å²) in [5.74, 6) is 0.0462. The molecule has 2 aromatic carbocycles. The van der Waals surface area contributed by atoms with E-state index < -0.39 is 10.0 Å². The number of hydrogen-bond acceptors (Lipinski definition) is 4. The molecule has 0 amide bonds. The number of ketones is 1. The molecule has 1 aromatic heterocycles. The van der Waals surface area contributed by atoms with E-state index in [0.717, 1.165) is 28.2 Å². The van der Waals surface area contributed by atoms with E-state index in [4.69, 9.17) is 5.14 Å². The summed E-state index contributed by atoms with van der Waals surface area (Å²) >= 11 is 0. The van der Waals surface area contributed by atoms with Crippen LogP contribution in [0.5, 0.6) is 0 Å². The largest absolute Gasteiger partial charge is 0.318 e. The number of aryl methyl sites for hydroxylation is 1. The highest BCUT2D eigenvalue weighted by Crippen LogP contribution is 2.21. The van der Waals surface area contributed by atoms with Crippen molar-refractivity contribution in [2.45, 2.75) is 25.2 Å². The van der Waals surface area contributed by atoms with Gasteiger partial charge in [-0.25, -0.2) is 13.6 Å². The Kier molecular flexibility index (Phi) is 6.32. The summed E-state index contributed by atoms with van der Waals surface area (Å²) in [7, 11) is -3.67. The summed E-state index contributed by atoms with van der Waals surface area (Å²) in [4.78, 5) is 12.8. The number of benzene rings is 2. The van der Waals surface area contributed by atoms with Gasteiger partial charge in [0.1, 0.15) is 0 Å². The van der Waals surface area contributed by atoms with E-state index in [1.165, 1.54) is 12.1 Å². The lowest BCUT2D eigenvalue weighted by molar-refractivity contribution is 0.0991. The summed E-state index contributed by atoms with van der Waals surface area (Å²) in [6.45, 7) is 4.81. The zero-order valence-corrected chi connectivity index (χ0v) is 17.4. The van der Waals surface area contributed by atoms with Gasteiger partial charge in [-0.3, -0.25) is 4.79 Å². The quantitative estimate of drug-likeness (QED) is 0.440. The lowest BCUT2D eigenvalue weighted by Gasteiger charge is -2.10. The molecule has 3 aromatic rings. The van der Waals surface area contributed by atoms with E-state index >= 15 is 0 Å². The Morgan fingerprint density at radius 2 is 1.69 bits per heavy atom. The van der Waals surface area contributed by atoms with Crippen molar-refractivity contribution >= 4 is 15.8 Å². The highest BCUT2D eigenvalue weighted by atomic mass is 32.2. The zero-order chi connectivity index (χ0) is 21.0. The number of sulfonamides is 1. The first kappa shape index (κ1) is 21.0. The first-order valence-electron chi connectivity index (χ1n) is 9.37. The summed E-state index contributed by atoms with van der Waals surface area (Å²) in [6, 6.07) is 18.4. The Bertz CT molecular complexity index is 1100. The number of para-hydroxylation sites is 1. The molecule has 0 bridgehead atoms. The van der Waals surface area contributed by atoms with E-state index in [-0.39, 0.29) is 17.2 Å². The van der Waals surface area contributed by atoms with Crippen LogP contribution in [0.3, 0.4) is 0 Å². The van der Waals surface area contributed by atoms with Crippen LogP contribution < -0.4 is 10.5 Å². The minimum atomic E-state index is -3.67. The fraction of sp³-hybridized carbons (Fsp3) is 0.227. The van der Waals surface area contributed by atoms with Gasteiger partial charge in [0, 0.05) is 22.6 Å². The predicted molar refractivity (Wildman–Crippen MR) is 114 cm³/mol. The number of rotatable bonds is 8. The van der Waals surface area contributed by atoms with Crippen molar-refractivity contribution in [2.24, 2.45) is 5.14 Å². The van der Waals surface area contributed by atoms with E-state index in [0.29, 0.717) is 13.0 Å². The second-order valence-corrected chi connectivity index (χ2v) is 8.56. The van der Waals surface area contributed by atoms with Crippen LogP contribution in [0.15, 0.2) is 65.6 Å². The molecule has 1 heterocycles. The first-order valence-corrected chi connectivity index (χ1v) is 10.9. The molecule has 3 rings (SSSR count). The van der Waals surface area contributed by atoms with Gasteiger partial charge in [0.2, 0.25) is 10.0 Å². The summed E-state index contributed by atoms with van der Waals surface area (Å²) in [5, 5.41) is 8.27. The summed E-state index contributed by atoms with van der Waals surface area (Å²) in [6.07, 6.45) is 0.682. The number of Topliss-reactive ketones (excluding diaryl/α,β-unsaturated/α-hetero) is 1. The Morgan fingerprint density at radius 3 is 2.31 bits per heavy atom. The van der Waals surface area contributed by atoms with Crippen molar-refractivity contribution < 1.29 is 13.2 Å². The average molecular weight is 412 g/mol. The highest BCUT2D eigenvalue weighted by Gasteiger charge is 2.16. The van der Waals surface area contributed by atoms with Crippen LogP contribution in [-0.2, 0) is 16.4 Å². The van der Waals surface area contributed by atoms with Gasteiger partial charge in [0.15, 0.2) is 5.78 Å². The van der Waals surface area contributed by atoms with E-state index in [1.807, 2.05) is 50.2 Å². The van der Waals surface area contributed by atoms with Crippen LogP contribution in [0, 0.1) is 13.8 Å². The first-order chi connectivity index (χ1) is 13.8. The second-order valence-electron chi connectivity index (χ2n) is 6.99. The zero-order valence-electron chi connectivity index (χ0n) is 16.6. The lowest BCUT2D eigenvalue weighted by Crippen LogP contribution is -2.25. The molecular formula is C22H25N3O3S. The molecule has 3 N–H and O–H groups in total. The van der Waals surface area contributed by atoms with Gasteiger partial charge in [-0.1, -0.05) is 30.3 Å². The minimum absolute atomic E-state index is 0.0462. The van der Waals surface area contributed by atoms with Crippen LogP contribution in [0.2, 0.25) is 0 Å². The summed E-state index contributed by atoms with van der Waals surface area (Å²) in [5.41, 5.74) is 4.68. The molecule has 0 aliphatic heterocycles. The number of nitrogens with one attached hydrogen (secondary N) is 1. The summed E-state index contributed by atoms with van der Waals surface area (Å²) < 4.78 is 24.7. The van der Waals surface area contributed by atoms with Gasteiger partial charge >= 0.3 is 0 Å². The van der Waals surface area contributed by atoms with Crippen molar-refractivity contribution in [3.63, 3.8) is 0 Å². The third-order valence-electron chi connectivity index (χ3n) is 4.87. The maximum absolute atomic E-state index is 12.7. The van der Waals surface area contributed by atoms with Gasteiger partial charge in [0.05, 0.1) is 11.4 Å². The second kappa shape index (κ2) is 8.73. The van der Waals surface area contributed by atoms with Gasteiger partial charge in [0.25, 0.3) is 0 Å². The lowest BCUT2D eigenvalue weighted by atomic mass is 10.1. The molecule has 29 heavy (non-hydrogen) atoms. The Labute approximate surface area is 171 Å². The van der Waals surface area contributed by atoms with Gasteiger partial charge in [-0.2, -0.15) is 0 Å². The minimum Gasteiger partial charge on any atom is -0.318 e. The van der Waals surface area contributed by atoms with Crippen LogP contribution in [0.1, 0.15) is 27.3 Å². The number of aromatic nitrogens is 1. The maximum atomic E-state index is 12.7. The molecule has 0 spiro atoms. The Morgan fingerprint density at radius 1 is 1.03 bits per heavy atom. The average Bonchev–Trinajstić information content (AvgIpc) is 2.99. The fourth-order valence-corrected chi connectivity index (χ4v) is 3.91. The number of hydrogen-bond donors (Lipinski definition) is 2. The van der Waals surface area contributed by atoms with Gasteiger partial charge < -0.3 is 9.88 Å². The van der Waals surface area contributed by atoms with Gasteiger partial charge in [-0.15, -0.1) is 0 Å². The highest BCUT2D eigenvalue weighted by molar-refractivity contribution is 7.89. The van der Waals surface area contributed by atoms with Crippen molar-refractivity contribution in [1.29, 1.82) is 0 Å². The smallest absolute Gasteiger partial charge is 0.238 e. The molecule has 0 saturated carbocycles. The Balaban J connectivity index is 1.58. The number of nitrogens with zero attached hydrogens (tertiary/aromatic N) is 1. The van der Waals surface area contributed by atoms with Crippen LogP contribution in [0.25, 0.3) is 5.69 Å². The monoisotopic (exact) mass is 411 g/mol. The molecule has 0 aliphatic carbocycles.